The summed E-state index contributed by atoms with van der Waals surface area (Å²) in [5.74, 6) is 1.02. The van der Waals surface area contributed by atoms with Crippen molar-refractivity contribution in [2.45, 2.75) is 37.5 Å². The van der Waals surface area contributed by atoms with Gasteiger partial charge in [0.05, 0.1) is 0 Å². The van der Waals surface area contributed by atoms with Crippen molar-refractivity contribution in [3.05, 3.63) is 65.2 Å². The van der Waals surface area contributed by atoms with Crippen LogP contribution in [-0.4, -0.2) is 32.0 Å². The van der Waals surface area contributed by atoms with Crippen LogP contribution in [0.25, 0.3) is 0 Å². The molecule has 2 aliphatic rings. The molecule has 5 nitrogen and oxygen atoms in total. The fourth-order valence-electron chi connectivity index (χ4n) is 4.24. The number of amides is 1. The Labute approximate surface area is 166 Å². The highest BCUT2D eigenvalue weighted by Gasteiger charge is 2.44. The van der Waals surface area contributed by atoms with Crippen LogP contribution in [0.4, 0.5) is 5.69 Å². The van der Waals surface area contributed by atoms with Crippen molar-refractivity contribution in [2.75, 3.05) is 25.5 Å². The molecule has 1 unspecified atom stereocenters. The van der Waals surface area contributed by atoms with Gasteiger partial charge < -0.3 is 16.0 Å². The minimum atomic E-state index is 0.0740. The molecule has 28 heavy (non-hydrogen) atoms. The van der Waals surface area contributed by atoms with Crippen molar-refractivity contribution in [3.63, 3.8) is 0 Å². The predicted molar refractivity (Wildman–Crippen MR) is 114 cm³/mol. The highest BCUT2D eigenvalue weighted by molar-refractivity contribution is 5.94. The lowest BCUT2D eigenvalue weighted by Crippen LogP contribution is -2.43. The van der Waals surface area contributed by atoms with Gasteiger partial charge in [-0.15, -0.1) is 0 Å². The zero-order valence-corrected chi connectivity index (χ0v) is 16.6. The molecule has 1 heterocycles. The molecule has 1 aliphatic carbocycles. The van der Waals surface area contributed by atoms with E-state index in [9.17, 15) is 4.79 Å². The second kappa shape index (κ2) is 7.66. The van der Waals surface area contributed by atoms with Crippen LogP contribution in [-0.2, 0) is 10.2 Å². The molecule has 0 aromatic heterocycles. The number of carbonyl (C=O) groups excluding carboxylic acids is 1. The Morgan fingerprint density at radius 3 is 2.64 bits per heavy atom. The van der Waals surface area contributed by atoms with Crippen molar-refractivity contribution in [2.24, 2.45) is 4.99 Å². The number of nitrogens with zero attached hydrogens (tertiary/aromatic N) is 1. The van der Waals surface area contributed by atoms with E-state index >= 15 is 0 Å². The van der Waals surface area contributed by atoms with Gasteiger partial charge in [-0.25, -0.2) is 0 Å². The molecule has 2 aromatic carbocycles. The molecule has 146 valence electrons. The zero-order valence-electron chi connectivity index (χ0n) is 16.6. The number of hydrogen-bond donors (Lipinski definition) is 3. The lowest BCUT2D eigenvalue weighted by Gasteiger charge is -2.27. The van der Waals surface area contributed by atoms with Gasteiger partial charge in [0.2, 0.25) is 5.91 Å². The van der Waals surface area contributed by atoms with Crippen molar-refractivity contribution >= 4 is 17.6 Å². The first kappa shape index (κ1) is 18.5. The van der Waals surface area contributed by atoms with Gasteiger partial charge in [0.1, 0.15) is 0 Å². The summed E-state index contributed by atoms with van der Waals surface area (Å²) < 4.78 is 0. The largest absolute Gasteiger partial charge is 0.356 e. The van der Waals surface area contributed by atoms with Crippen LogP contribution in [0.2, 0.25) is 0 Å². The fraction of sp³-hybridized carbons (Fsp3) is 0.391. The molecule has 3 N–H and O–H groups in total. The smallest absolute Gasteiger partial charge is 0.225 e. The number of benzene rings is 2. The van der Waals surface area contributed by atoms with Gasteiger partial charge in [0, 0.05) is 43.6 Å². The van der Waals surface area contributed by atoms with E-state index in [1.807, 2.05) is 18.2 Å². The summed E-state index contributed by atoms with van der Waals surface area (Å²) in [6.45, 7) is 3.74. The lowest BCUT2D eigenvalue weighted by molar-refractivity contribution is -0.116. The summed E-state index contributed by atoms with van der Waals surface area (Å²) >= 11 is 0. The SMILES string of the molecule is CN=C(NCC1CC(=O)Nc2ccccc21)NCC1(c2ccccc2C)CC1. The molecule has 1 aliphatic heterocycles. The highest BCUT2D eigenvalue weighted by atomic mass is 16.1. The number of hydrogen-bond acceptors (Lipinski definition) is 2. The molecule has 1 atom stereocenters. The predicted octanol–water partition coefficient (Wildman–Crippen LogP) is 3.32. The number of rotatable bonds is 5. The van der Waals surface area contributed by atoms with Crippen LogP contribution < -0.4 is 16.0 Å². The number of fused-ring (bicyclic) bond motifs is 1. The van der Waals surface area contributed by atoms with E-state index < -0.39 is 0 Å². The Hall–Kier alpha value is -2.82. The average molecular weight is 377 g/mol. The van der Waals surface area contributed by atoms with E-state index in [1.54, 1.807) is 7.05 Å². The van der Waals surface area contributed by atoms with Crippen molar-refractivity contribution in [3.8, 4) is 0 Å². The first-order valence-electron chi connectivity index (χ1n) is 10.0. The van der Waals surface area contributed by atoms with Gasteiger partial charge in [-0.05, 0) is 42.5 Å². The van der Waals surface area contributed by atoms with Gasteiger partial charge >= 0.3 is 0 Å². The summed E-state index contributed by atoms with van der Waals surface area (Å²) in [6, 6.07) is 16.7. The Morgan fingerprint density at radius 2 is 1.89 bits per heavy atom. The number of guanidine groups is 1. The number of aryl methyl sites for hydroxylation is 1. The molecule has 2 aromatic rings. The lowest BCUT2D eigenvalue weighted by atomic mass is 9.90. The average Bonchev–Trinajstić information content (AvgIpc) is 3.49. The van der Waals surface area contributed by atoms with E-state index in [1.165, 1.54) is 29.5 Å². The first-order valence-corrected chi connectivity index (χ1v) is 10.0. The van der Waals surface area contributed by atoms with E-state index in [2.05, 4.69) is 58.2 Å². The molecular formula is C23H28N4O. The molecule has 4 rings (SSSR count). The summed E-state index contributed by atoms with van der Waals surface area (Å²) in [6.07, 6.45) is 2.91. The van der Waals surface area contributed by atoms with Crippen LogP contribution in [0.1, 0.15) is 41.9 Å². The topological polar surface area (TPSA) is 65.5 Å². The number of anilines is 1. The van der Waals surface area contributed by atoms with Crippen molar-refractivity contribution < 1.29 is 4.79 Å². The molecule has 1 amide bonds. The van der Waals surface area contributed by atoms with Crippen LogP contribution in [0.15, 0.2) is 53.5 Å². The standard InChI is InChI=1S/C23H28N4O/c1-16-7-3-5-9-19(16)23(11-12-23)15-26-22(24-2)25-14-17-13-21(28)27-20-10-6-4-8-18(17)20/h3-10,17H,11-15H2,1-2H3,(H,27,28)(H2,24,25,26). The van der Waals surface area contributed by atoms with Crippen LogP contribution >= 0.6 is 0 Å². The summed E-state index contributed by atoms with van der Waals surface area (Å²) in [5, 5.41) is 9.89. The molecule has 1 fully saturated rings. The number of para-hydroxylation sites is 1. The van der Waals surface area contributed by atoms with Gasteiger partial charge in [-0.3, -0.25) is 9.79 Å². The fourth-order valence-corrected chi connectivity index (χ4v) is 4.24. The quantitative estimate of drug-likeness (QED) is 0.554. The van der Waals surface area contributed by atoms with Crippen LogP contribution in [0.5, 0.6) is 0 Å². The van der Waals surface area contributed by atoms with Crippen LogP contribution in [0.3, 0.4) is 0 Å². The Bertz CT molecular complexity index is 901. The monoisotopic (exact) mass is 376 g/mol. The molecule has 0 spiro atoms. The summed E-state index contributed by atoms with van der Waals surface area (Å²) in [5.41, 5.74) is 5.12. The third-order valence-electron chi connectivity index (χ3n) is 6.01. The molecule has 0 saturated heterocycles. The van der Waals surface area contributed by atoms with E-state index in [4.69, 9.17) is 0 Å². The summed E-state index contributed by atoms with van der Waals surface area (Å²) in [7, 11) is 1.80. The Morgan fingerprint density at radius 1 is 1.14 bits per heavy atom. The molecule has 0 bridgehead atoms. The minimum Gasteiger partial charge on any atom is -0.356 e. The Balaban J connectivity index is 1.38. The molecular weight excluding hydrogens is 348 g/mol. The van der Waals surface area contributed by atoms with Gasteiger partial charge in [0.25, 0.3) is 0 Å². The summed E-state index contributed by atoms with van der Waals surface area (Å²) in [4.78, 5) is 16.4. The second-order valence-electron chi connectivity index (χ2n) is 7.94. The normalized spacial score (nSPS) is 20.1. The Kier molecular flexibility index (Phi) is 5.07. The molecule has 1 saturated carbocycles. The van der Waals surface area contributed by atoms with E-state index in [-0.39, 0.29) is 17.2 Å². The van der Waals surface area contributed by atoms with Crippen molar-refractivity contribution in [1.29, 1.82) is 0 Å². The third-order valence-corrected chi connectivity index (χ3v) is 6.01. The maximum absolute atomic E-state index is 12.0. The zero-order chi connectivity index (χ0) is 19.6. The van der Waals surface area contributed by atoms with Gasteiger partial charge in [-0.2, -0.15) is 0 Å². The molecule has 0 radical (unpaired) electrons. The number of aliphatic imine (C=N–C) groups is 1. The maximum atomic E-state index is 12.0. The van der Waals surface area contributed by atoms with Crippen molar-refractivity contribution in [1.82, 2.24) is 10.6 Å². The third kappa shape index (κ3) is 3.75. The molecule has 5 heteroatoms. The minimum absolute atomic E-state index is 0.0740. The number of nitrogens with one attached hydrogen (secondary N) is 3. The van der Waals surface area contributed by atoms with E-state index in [0.717, 1.165) is 18.2 Å². The first-order chi connectivity index (χ1) is 13.6. The highest BCUT2D eigenvalue weighted by Crippen LogP contribution is 2.48. The maximum Gasteiger partial charge on any atom is 0.225 e. The van der Waals surface area contributed by atoms with Gasteiger partial charge in [-0.1, -0.05) is 42.5 Å². The van der Waals surface area contributed by atoms with E-state index in [0.29, 0.717) is 13.0 Å². The van der Waals surface area contributed by atoms with Crippen LogP contribution in [0, 0.1) is 6.92 Å². The second-order valence-corrected chi connectivity index (χ2v) is 7.94. The number of carbonyl (C=O) groups is 1. The van der Waals surface area contributed by atoms with Gasteiger partial charge in [0.15, 0.2) is 5.96 Å².